The Labute approximate surface area is 117 Å². The molecular weight excluding hydrogens is 242 g/mol. The van der Waals surface area contributed by atoms with Crippen molar-refractivity contribution >= 4 is 11.6 Å². The average Bonchev–Trinajstić information content (AvgIpc) is 2.45. The lowest BCUT2D eigenvalue weighted by atomic mass is 9.84. The van der Waals surface area contributed by atoms with Gasteiger partial charge < -0.3 is 5.32 Å². The second-order valence-corrected chi connectivity index (χ2v) is 5.38. The number of rotatable bonds is 8. The maximum absolute atomic E-state index is 6.11. The predicted octanol–water partition coefficient (Wildman–Crippen LogP) is 4.38. The van der Waals surface area contributed by atoms with Gasteiger partial charge in [0, 0.05) is 19.0 Å². The minimum absolute atomic E-state index is 0.255. The Hall–Kier alpha value is -0.530. The summed E-state index contributed by atoms with van der Waals surface area (Å²) in [5.74, 6) is 0.738. The van der Waals surface area contributed by atoms with Crippen molar-refractivity contribution in [2.75, 3.05) is 12.4 Å². The third kappa shape index (κ3) is 4.29. The minimum atomic E-state index is 0.255. The molecule has 0 atom stereocenters. The Bertz CT molecular complexity index is 319. The van der Waals surface area contributed by atoms with Crippen LogP contribution < -0.4 is 5.32 Å². The quantitative estimate of drug-likeness (QED) is 0.689. The Morgan fingerprint density at radius 1 is 1.00 bits per heavy atom. The van der Waals surface area contributed by atoms with E-state index in [9.17, 15) is 0 Å². The van der Waals surface area contributed by atoms with Crippen molar-refractivity contribution in [2.24, 2.45) is 5.41 Å². The lowest BCUT2D eigenvalue weighted by molar-refractivity contribution is 0.286. The van der Waals surface area contributed by atoms with Gasteiger partial charge in [0.15, 0.2) is 0 Å². The summed E-state index contributed by atoms with van der Waals surface area (Å²) in [4.78, 5) is 0. The summed E-state index contributed by atoms with van der Waals surface area (Å²) in [6, 6.07) is 8.86. The Balaban J connectivity index is 2.44. The van der Waals surface area contributed by atoms with Gasteiger partial charge in [-0.25, -0.2) is 0 Å². The summed E-state index contributed by atoms with van der Waals surface area (Å²) in [7, 11) is 0. The molecule has 1 rings (SSSR count). The van der Waals surface area contributed by atoms with Crippen LogP contribution in [0.2, 0.25) is 0 Å². The molecule has 0 aliphatic rings. The summed E-state index contributed by atoms with van der Waals surface area (Å²) in [5, 5.41) is 3.55. The molecule has 0 bridgehead atoms. The molecule has 0 aliphatic carbocycles. The molecule has 0 saturated heterocycles. The van der Waals surface area contributed by atoms with Gasteiger partial charge in [-0.05, 0) is 35.8 Å². The first kappa shape index (κ1) is 15.5. The van der Waals surface area contributed by atoms with Crippen molar-refractivity contribution in [3.05, 3.63) is 35.4 Å². The van der Waals surface area contributed by atoms with Gasteiger partial charge in [-0.15, -0.1) is 11.6 Å². The molecule has 0 fully saturated rings. The summed E-state index contributed by atoms with van der Waals surface area (Å²) in [5.41, 5.74) is 3.00. The van der Waals surface area contributed by atoms with Crippen LogP contribution in [0.4, 0.5) is 0 Å². The van der Waals surface area contributed by atoms with E-state index in [1.54, 1.807) is 0 Å². The van der Waals surface area contributed by atoms with E-state index < -0.39 is 0 Å². The molecule has 0 amide bonds. The molecule has 0 aliphatic heterocycles. The highest BCUT2D eigenvalue weighted by molar-refractivity contribution is 6.18. The van der Waals surface area contributed by atoms with Gasteiger partial charge in [-0.1, -0.05) is 45.0 Å². The topological polar surface area (TPSA) is 12.0 Å². The highest BCUT2D eigenvalue weighted by Gasteiger charge is 2.24. The molecule has 1 aromatic rings. The van der Waals surface area contributed by atoms with E-state index >= 15 is 0 Å². The molecule has 1 N–H and O–H groups in total. The van der Waals surface area contributed by atoms with Gasteiger partial charge in [-0.3, -0.25) is 0 Å². The molecule has 2 heteroatoms. The van der Waals surface area contributed by atoms with Crippen molar-refractivity contribution in [1.82, 2.24) is 5.32 Å². The van der Waals surface area contributed by atoms with Crippen molar-refractivity contribution < 1.29 is 0 Å². The highest BCUT2D eigenvalue weighted by atomic mass is 35.5. The summed E-state index contributed by atoms with van der Waals surface area (Å²) in [6.07, 6.45) is 3.37. The van der Waals surface area contributed by atoms with Crippen LogP contribution in [0, 0.1) is 5.41 Å². The van der Waals surface area contributed by atoms with Crippen LogP contribution in [0.5, 0.6) is 0 Å². The normalized spacial score (nSPS) is 11.8. The molecular formula is C16H26ClN. The van der Waals surface area contributed by atoms with E-state index in [4.69, 9.17) is 11.6 Å². The van der Waals surface area contributed by atoms with Crippen LogP contribution in [0.3, 0.4) is 0 Å². The first-order valence-corrected chi connectivity index (χ1v) is 7.57. The number of nitrogens with one attached hydrogen (secondary N) is 1. The molecule has 102 valence electrons. The van der Waals surface area contributed by atoms with Gasteiger partial charge in [0.05, 0.1) is 0 Å². The number of aryl methyl sites for hydroxylation is 1. The molecule has 18 heavy (non-hydrogen) atoms. The molecule has 0 spiro atoms. The zero-order valence-corrected chi connectivity index (χ0v) is 12.7. The van der Waals surface area contributed by atoms with Crippen LogP contribution in [-0.2, 0) is 13.0 Å². The fraction of sp³-hybridized carbons (Fsp3) is 0.625. The number of hydrogen-bond acceptors (Lipinski definition) is 1. The van der Waals surface area contributed by atoms with Gasteiger partial charge in [-0.2, -0.15) is 0 Å². The molecule has 1 nitrogen and oxygen atoms in total. The number of halogens is 1. The van der Waals surface area contributed by atoms with Crippen LogP contribution >= 0.6 is 11.6 Å². The molecule has 0 radical (unpaired) electrons. The number of alkyl halides is 1. The van der Waals surface area contributed by atoms with Gasteiger partial charge in [0.1, 0.15) is 0 Å². The van der Waals surface area contributed by atoms with Crippen LogP contribution in [0.1, 0.15) is 44.7 Å². The van der Waals surface area contributed by atoms with Crippen molar-refractivity contribution in [3.63, 3.8) is 0 Å². The van der Waals surface area contributed by atoms with Crippen LogP contribution in [0.25, 0.3) is 0 Å². The fourth-order valence-corrected chi connectivity index (χ4v) is 2.57. The van der Waals surface area contributed by atoms with E-state index in [0.29, 0.717) is 0 Å². The van der Waals surface area contributed by atoms with E-state index in [1.165, 1.54) is 11.1 Å². The molecule has 0 saturated carbocycles. The maximum Gasteiger partial charge on any atom is 0.0291 e. The SMILES string of the molecule is CCc1ccc(CNCC(CC)(CC)CCl)cc1. The van der Waals surface area contributed by atoms with Crippen LogP contribution in [0.15, 0.2) is 24.3 Å². The van der Waals surface area contributed by atoms with E-state index in [0.717, 1.165) is 38.2 Å². The van der Waals surface area contributed by atoms with E-state index in [2.05, 4.69) is 50.4 Å². The molecule has 0 heterocycles. The summed E-state index contributed by atoms with van der Waals surface area (Å²) >= 11 is 6.11. The average molecular weight is 268 g/mol. The second kappa shape index (κ2) is 7.81. The summed E-state index contributed by atoms with van der Waals surface area (Å²) in [6.45, 7) is 8.57. The van der Waals surface area contributed by atoms with Crippen molar-refractivity contribution in [1.29, 1.82) is 0 Å². The summed E-state index contributed by atoms with van der Waals surface area (Å²) < 4.78 is 0. The smallest absolute Gasteiger partial charge is 0.0291 e. The largest absolute Gasteiger partial charge is 0.312 e. The zero-order valence-electron chi connectivity index (χ0n) is 11.9. The Kier molecular flexibility index (Phi) is 6.73. The van der Waals surface area contributed by atoms with Crippen molar-refractivity contribution in [2.45, 2.75) is 46.6 Å². The third-order valence-electron chi connectivity index (χ3n) is 4.04. The maximum atomic E-state index is 6.11. The highest BCUT2D eigenvalue weighted by Crippen LogP contribution is 2.26. The molecule has 0 aromatic heterocycles. The predicted molar refractivity (Wildman–Crippen MR) is 81.3 cm³/mol. The fourth-order valence-electron chi connectivity index (χ4n) is 2.10. The van der Waals surface area contributed by atoms with Gasteiger partial charge in [0.2, 0.25) is 0 Å². The lowest BCUT2D eigenvalue weighted by Crippen LogP contribution is -2.34. The third-order valence-corrected chi connectivity index (χ3v) is 4.61. The number of benzene rings is 1. The first-order chi connectivity index (χ1) is 8.69. The zero-order chi connectivity index (χ0) is 13.4. The Morgan fingerprint density at radius 2 is 1.56 bits per heavy atom. The van der Waals surface area contributed by atoms with E-state index in [-0.39, 0.29) is 5.41 Å². The molecule has 0 unspecified atom stereocenters. The Morgan fingerprint density at radius 3 is 2.00 bits per heavy atom. The number of hydrogen-bond donors (Lipinski definition) is 1. The van der Waals surface area contributed by atoms with Crippen LogP contribution in [-0.4, -0.2) is 12.4 Å². The lowest BCUT2D eigenvalue weighted by Gasteiger charge is -2.29. The first-order valence-electron chi connectivity index (χ1n) is 7.04. The monoisotopic (exact) mass is 267 g/mol. The van der Waals surface area contributed by atoms with E-state index in [1.807, 2.05) is 0 Å². The standard InChI is InChI=1S/C16H26ClN/c1-4-14-7-9-15(10-8-14)11-18-13-16(5-2,6-3)12-17/h7-10,18H,4-6,11-13H2,1-3H3. The second-order valence-electron chi connectivity index (χ2n) is 5.11. The molecule has 1 aromatic carbocycles. The van der Waals surface area contributed by atoms with Crippen molar-refractivity contribution in [3.8, 4) is 0 Å². The van der Waals surface area contributed by atoms with Gasteiger partial charge in [0.25, 0.3) is 0 Å². The minimum Gasteiger partial charge on any atom is -0.312 e. The van der Waals surface area contributed by atoms with Gasteiger partial charge >= 0.3 is 0 Å².